The largest absolute Gasteiger partial charge is 0.508 e. The number of hydrogen-bond donors (Lipinski definition) is 5. The molecule has 2 amide bonds. The maximum absolute atomic E-state index is 14.1. The SMILES string of the molecule is O=C(N[C@@H](Cc1ccccc1)[C@H](O)CN(OC1CCCC1)S(=O)(=O)c1cccc(O)c1)O[C@H]1CO[C@H]2OCC[C@H]21.O=C(N[C@@H](Cc1ccccc1)[C@H](O)CN(OC1CCCC1)S(=O)(=O)c1cccc(OCc2ccccc2)c1)O[C@H]1CO[C@H]2OCC[C@H]21. The maximum Gasteiger partial charge on any atom is 0.407 e. The van der Waals surface area contributed by atoms with Crippen LogP contribution >= 0.6 is 0 Å². The summed E-state index contributed by atoms with van der Waals surface area (Å²) in [6.45, 7) is 0.934. The Morgan fingerprint density at radius 1 is 0.529 bits per heavy atom. The van der Waals surface area contributed by atoms with Gasteiger partial charge in [0, 0.05) is 6.07 Å². The van der Waals surface area contributed by atoms with Crippen LogP contribution in [0.5, 0.6) is 11.5 Å². The molecule has 10 atom stereocenters. The van der Waals surface area contributed by atoms with Gasteiger partial charge in [0.05, 0.1) is 97.6 Å². The molecule has 22 nitrogen and oxygen atoms in total. The van der Waals surface area contributed by atoms with Crippen molar-refractivity contribution in [2.45, 2.75) is 155 Å². The van der Waals surface area contributed by atoms with Crippen molar-refractivity contribution in [3.8, 4) is 11.5 Å². The van der Waals surface area contributed by atoms with E-state index in [1.165, 1.54) is 30.3 Å². The molecule has 4 aliphatic heterocycles. The molecule has 0 unspecified atom stereocenters. The number of aliphatic hydroxyl groups is 2. The van der Waals surface area contributed by atoms with Crippen molar-refractivity contribution in [1.29, 1.82) is 0 Å². The third kappa shape index (κ3) is 17.3. The number of phenolic OH excluding ortho intramolecular Hbond substituents is 1. The fourth-order valence-electron chi connectivity index (χ4n) is 11.7. The second-order valence-electron chi connectivity index (χ2n) is 22.7. The van der Waals surface area contributed by atoms with Crippen LogP contribution < -0.4 is 15.4 Å². The Balaban J connectivity index is 0.000000195. The van der Waals surface area contributed by atoms with E-state index in [9.17, 15) is 41.7 Å². The Morgan fingerprint density at radius 3 is 1.40 bits per heavy atom. The topological polar surface area (TPSA) is 277 Å². The Bertz CT molecular complexity index is 3220. The van der Waals surface area contributed by atoms with E-state index in [-0.39, 0.29) is 84.8 Å². The van der Waals surface area contributed by atoms with E-state index in [0.717, 1.165) is 70.2 Å². The predicted molar refractivity (Wildman–Crippen MR) is 314 cm³/mol. The molecule has 2 aliphatic carbocycles. The first-order valence-electron chi connectivity index (χ1n) is 29.9. The number of aliphatic hydroxyl groups excluding tert-OH is 2. The number of carbonyl (C=O) groups is 2. The highest BCUT2D eigenvalue weighted by atomic mass is 32.2. The number of phenols is 1. The standard InChI is InChI=1S/C35H42N2O9S.C28H36N2O9S/c38-32(31(20-25-10-3-1-4-11-25)36-35(39)45-33-24-44-34-30(33)18-19-42-34)22-37(46-27-14-7-8-15-27)47(40,41)29-17-9-16-28(21-29)43-23-26-12-5-2-6-13-26;31-20-9-6-12-22(16-20)40(34,35)30(39-21-10-4-5-11-21)17-25(32)24(15-19-7-2-1-3-8-19)29-28(33)38-26-18-37-27-23(26)13-14-36-27/h1-6,9-13,16-17,21,27,30-34,38H,7-8,14-15,18-20,22-24H2,(H,36,39);1-3,6-9,12,16,21,23-27,31-32H,4-5,10-11,13-15,17-18H2,(H,29,33)/t30-,31-,32+,33-,34+;23-,24-,25+,26-,27+/m00/s1. The lowest BCUT2D eigenvalue weighted by Crippen LogP contribution is -2.51. The van der Waals surface area contributed by atoms with Crippen LogP contribution in [0.15, 0.2) is 149 Å². The number of sulfonamides is 2. The third-order valence-corrected chi connectivity index (χ3v) is 19.7. The van der Waals surface area contributed by atoms with Crippen molar-refractivity contribution in [2.24, 2.45) is 11.8 Å². The van der Waals surface area contributed by atoms with E-state index in [1.807, 2.05) is 91.0 Å². The highest BCUT2D eigenvalue weighted by Gasteiger charge is 2.46. The number of ether oxygens (including phenoxy) is 7. The smallest absolute Gasteiger partial charge is 0.407 e. The lowest BCUT2D eigenvalue weighted by molar-refractivity contribution is -0.145. The Kier molecular flexibility index (Phi) is 22.2. The van der Waals surface area contributed by atoms with E-state index in [0.29, 0.717) is 44.6 Å². The average molecular weight is 1240 g/mol. The quantitative estimate of drug-likeness (QED) is 0.0358. The molecule has 11 rings (SSSR count). The van der Waals surface area contributed by atoms with E-state index in [4.69, 9.17) is 42.8 Å². The summed E-state index contributed by atoms with van der Waals surface area (Å²) in [4.78, 5) is 38.0. The molecule has 4 saturated heterocycles. The number of nitrogens with zero attached hydrogens (tertiary/aromatic N) is 2. The molecule has 470 valence electrons. The fourth-order valence-corrected chi connectivity index (χ4v) is 14.3. The number of hydroxylamine groups is 2. The van der Waals surface area contributed by atoms with Crippen LogP contribution in [0, 0.1) is 11.8 Å². The number of rotatable bonds is 25. The summed E-state index contributed by atoms with van der Waals surface area (Å²) < 4.78 is 96.5. The van der Waals surface area contributed by atoms with Crippen LogP contribution in [0.25, 0.3) is 0 Å². The van der Waals surface area contributed by atoms with Crippen molar-refractivity contribution < 1.29 is 84.6 Å². The zero-order chi connectivity index (χ0) is 60.8. The highest BCUT2D eigenvalue weighted by Crippen LogP contribution is 2.35. The van der Waals surface area contributed by atoms with Crippen LogP contribution in [0.1, 0.15) is 80.9 Å². The lowest BCUT2D eigenvalue weighted by Gasteiger charge is -2.31. The van der Waals surface area contributed by atoms with Crippen LogP contribution in [0.4, 0.5) is 9.59 Å². The molecule has 6 aliphatic rings. The molecular formula is C63H78N4O18S2. The number of benzene rings is 5. The molecule has 87 heavy (non-hydrogen) atoms. The van der Waals surface area contributed by atoms with Gasteiger partial charge in [0.2, 0.25) is 0 Å². The van der Waals surface area contributed by atoms with Gasteiger partial charge in [-0.3, -0.25) is 9.68 Å². The zero-order valence-corrected chi connectivity index (χ0v) is 50.0. The molecule has 24 heteroatoms. The number of hydrogen-bond acceptors (Lipinski definition) is 18. The van der Waals surface area contributed by atoms with Gasteiger partial charge in [-0.05, 0) is 98.4 Å². The Morgan fingerprint density at radius 2 is 0.954 bits per heavy atom. The van der Waals surface area contributed by atoms with Crippen molar-refractivity contribution in [1.82, 2.24) is 19.6 Å². The summed E-state index contributed by atoms with van der Waals surface area (Å²) in [5, 5.41) is 38.5. The first-order chi connectivity index (χ1) is 42.1. The maximum atomic E-state index is 14.1. The van der Waals surface area contributed by atoms with Gasteiger partial charge in [-0.15, -0.1) is 0 Å². The van der Waals surface area contributed by atoms with Crippen molar-refractivity contribution in [3.05, 3.63) is 156 Å². The van der Waals surface area contributed by atoms with E-state index >= 15 is 0 Å². The summed E-state index contributed by atoms with van der Waals surface area (Å²) in [6.07, 6.45) is 1.83. The first kappa shape index (κ1) is 63.7. The summed E-state index contributed by atoms with van der Waals surface area (Å²) in [5.41, 5.74) is 2.63. The molecule has 5 N–H and O–H groups in total. The van der Waals surface area contributed by atoms with E-state index in [2.05, 4.69) is 10.6 Å². The predicted octanol–water partition coefficient (Wildman–Crippen LogP) is 7.31. The van der Waals surface area contributed by atoms with E-state index in [1.54, 1.807) is 12.1 Å². The molecule has 0 aromatic heterocycles. The van der Waals surface area contributed by atoms with Gasteiger partial charge in [0.25, 0.3) is 20.0 Å². The molecule has 4 heterocycles. The Labute approximate surface area is 507 Å². The molecular weight excluding hydrogens is 1160 g/mol. The second-order valence-corrected chi connectivity index (χ2v) is 26.4. The number of fused-ring (bicyclic) bond motifs is 2. The van der Waals surface area contributed by atoms with Gasteiger partial charge >= 0.3 is 12.2 Å². The van der Waals surface area contributed by atoms with Crippen molar-refractivity contribution in [3.63, 3.8) is 0 Å². The zero-order valence-electron chi connectivity index (χ0n) is 48.3. The Hall–Kier alpha value is -6.26. The molecule has 5 aromatic rings. The van der Waals surface area contributed by atoms with Crippen LogP contribution in [0.2, 0.25) is 0 Å². The van der Waals surface area contributed by atoms with Gasteiger partial charge in [-0.25, -0.2) is 26.4 Å². The van der Waals surface area contributed by atoms with Gasteiger partial charge in [0.15, 0.2) is 12.6 Å². The summed E-state index contributed by atoms with van der Waals surface area (Å²) >= 11 is 0. The average Bonchev–Trinajstić information content (AvgIpc) is 4.39. The normalized spacial score (nSPS) is 23.5. The highest BCUT2D eigenvalue weighted by molar-refractivity contribution is 7.89. The molecule has 0 spiro atoms. The molecule has 0 bridgehead atoms. The second kappa shape index (κ2) is 30.3. The van der Waals surface area contributed by atoms with Gasteiger partial charge in [-0.2, -0.15) is 0 Å². The summed E-state index contributed by atoms with van der Waals surface area (Å²) in [6, 6.07) is 37.9. The van der Waals surface area contributed by atoms with Crippen LogP contribution in [-0.2, 0) is 77.6 Å². The molecule has 5 aromatic carbocycles. The van der Waals surface area contributed by atoms with E-state index < -0.39 is 81.8 Å². The van der Waals surface area contributed by atoms with Crippen molar-refractivity contribution >= 4 is 32.2 Å². The molecule has 0 radical (unpaired) electrons. The summed E-state index contributed by atoms with van der Waals surface area (Å²) in [5.74, 6) is 0.0742. The number of amides is 2. The number of carbonyl (C=O) groups excluding carboxylic acids is 2. The van der Waals surface area contributed by atoms with Crippen LogP contribution in [0.3, 0.4) is 0 Å². The van der Waals surface area contributed by atoms with Gasteiger partial charge < -0.3 is 59.1 Å². The van der Waals surface area contributed by atoms with Crippen LogP contribution in [-0.4, -0.2) is 154 Å². The minimum absolute atomic E-state index is 0.0326. The van der Waals surface area contributed by atoms with Gasteiger partial charge in [-0.1, -0.05) is 138 Å². The lowest BCUT2D eigenvalue weighted by atomic mass is 10.0. The molecule has 2 saturated carbocycles. The minimum Gasteiger partial charge on any atom is -0.508 e. The molecule has 6 fully saturated rings. The van der Waals surface area contributed by atoms with Gasteiger partial charge in [0.1, 0.15) is 30.3 Å². The van der Waals surface area contributed by atoms with Crippen molar-refractivity contribution in [2.75, 3.05) is 39.5 Å². The fraction of sp³-hybridized carbons (Fsp3) is 0.492. The number of nitrogens with one attached hydrogen (secondary N) is 2. The third-order valence-electron chi connectivity index (χ3n) is 16.4. The monoisotopic (exact) mass is 1240 g/mol. The summed E-state index contributed by atoms with van der Waals surface area (Å²) in [7, 11) is -8.51. The first-order valence-corrected chi connectivity index (χ1v) is 32.8. The minimum atomic E-state index is -4.26. The number of alkyl carbamates (subject to hydrolysis) is 2. The number of aromatic hydroxyl groups is 1.